The van der Waals surface area contributed by atoms with Crippen molar-refractivity contribution in [2.75, 3.05) is 0 Å². The summed E-state index contributed by atoms with van der Waals surface area (Å²) in [6, 6.07) is 3.90. The molecule has 1 aliphatic carbocycles. The third kappa shape index (κ3) is 4.30. The number of Topliss-reactive ketones (excluding diaryl/α,β-unsaturated/α-hetero) is 1. The lowest BCUT2D eigenvalue weighted by atomic mass is 9.88. The van der Waals surface area contributed by atoms with Crippen LogP contribution in [-0.4, -0.2) is 10.9 Å². The van der Waals surface area contributed by atoms with Gasteiger partial charge in [-0.05, 0) is 59.9 Å². The summed E-state index contributed by atoms with van der Waals surface area (Å²) in [5, 5.41) is 11.2. The lowest BCUT2D eigenvalue weighted by Gasteiger charge is -2.18. The molecule has 1 aliphatic rings. The summed E-state index contributed by atoms with van der Waals surface area (Å²) in [6.45, 7) is 10.2. The molecule has 2 nitrogen and oxygen atoms in total. The molecule has 0 radical (unpaired) electrons. The average molecular weight is 381 g/mol. The molecule has 0 aliphatic heterocycles. The zero-order chi connectivity index (χ0) is 18.9. The lowest BCUT2D eigenvalue weighted by Crippen LogP contribution is -2.07. The minimum Gasteiger partial charge on any atom is -0.508 e. The Kier molecular flexibility index (Phi) is 6.40. The van der Waals surface area contributed by atoms with Crippen molar-refractivity contribution in [2.24, 2.45) is 0 Å². The fraction of sp³-hybridized carbons (Fsp3) is 0.476. The molecule has 0 saturated carbocycles. The molecule has 4 heteroatoms. The van der Waals surface area contributed by atoms with Crippen LogP contribution in [0, 0.1) is 0 Å². The minimum absolute atomic E-state index is 0.0499. The van der Waals surface area contributed by atoms with Gasteiger partial charge >= 0.3 is 0 Å². The van der Waals surface area contributed by atoms with Gasteiger partial charge in [0.05, 0.1) is 10.1 Å². The van der Waals surface area contributed by atoms with Crippen molar-refractivity contribution in [2.45, 2.75) is 65.7 Å². The molecule has 25 heavy (non-hydrogen) atoms. The summed E-state index contributed by atoms with van der Waals surface area (Å²) in [5.74, 6) is 0.897. The molecule has 0 heterocycles. The SMILES string of the molecule is CC1=C(Cl)C(Cl)=C(C(=O)CCc2cc(C(C)C)c(O)cc2C(C)C)C1. The number of phenols is 1. The van der Waals surface area contributed by atoms with E-state index in [9.17, 15) is 9.90 Å². The van der Waals surface area contributed by atoms with E-state index in [1.807, 2.05) is 19.1 Å². The van der Waals surface area contributed by atoms with Gasteiger partial charge in [0.2, 0.25) is 0 Å². The van der Waals surface area contributed by atoms with Crippen molar-refractivity contribution < 1.29 is 9.90 Å². The van der Waals surface area contributed by atoms with E-state index in [-0.39, 0.29) is 17.6 Å². The van der Waals surface area contributed by atoms with Crippen LogP contribution < -0.4 is 0 Å². The highest BCUT2D eigenvalue weighted by Crippen LogP contribution is 2.38. The zero-order valence-electron chi connectivity index (χ0n) is 15.5. The van der Waals surface area contributed by atoms with Crippen LogP contribution in [0.4, 0.5) is 0 Å². The van der Waals surface area contributed by atoms with Gasteiger partial charge in [-0.25, -0.2) is 0 Å². The molecule has 0 fully saturated rings. The van der Waals surface area contributed by atoms with Crippen LogP contribution in [0.2, 0.25) is 0 Å². The number of aryl methyl sites for hydroxylation is 1. The fourth-order valence-corrected chi connectivity index (χ4v) is 3.76. The fourth-order valence-electron chi connectivity index (χ4n) is 3.24. The second-order valence-corrected chi connectivity index (χ2v) is 8.16. The van der Waals surface area contributed by atoms with Gasteiger partial charge in [-0.2, -0.15) is 0 Å². The van der Waals surface area contributed by atoms with Gasteiger partial charge in [0.15, 0.2) is 5.78 Å². The van der Waals surface area contributed by atoms with E-state index in [2.05, 4.69) is 27.7 Å². The molecule has 1 aromatic carbocycles. The number of halogens is 2. The zero-order valence-corrected chi connectivity index (χ0v) is 17.1. The first kappa shape index (κ1) is 20.1. The van der Waals surface area contributed by atoms with Crippen molar-refractivity contribution >= 4 is 29.0 Å². The molecule has 0 saturated heterocycles. The molecular weight excluding hydrogens is 355 g/mol. The molecule has 1 aromatic rings. The summed E-state index contributed by atoms with van der Waals surface area (Å²) >= 11 is 12.3. The molecule has 0 unspecified atom stereocenters. The van der Waals surface area contributed by atoms with Gasteiger partial charge in [-0.3, -0.25) is 4.79 Å². The minimum atomic E-state index is 0.0499. The average Bonchev–Trinajstić information content (AvgIpc) is 2.80. The number of carbonyl (C=O) groups excluding carboxylic acids is 1. The maximum absolute atomic E-state index is 12.6. The van der Waals surface area contributed by atoms with Gasteiger partial charge in [-0.15, -0.1) is 0 Å². The van der Waals surface area contributed by atoms with E-state index in [1.165, 1.54) is 0 Å². The van der Waals surface area contributed by atoms with Crippen LogP contribution in [-0.2, 0) is 11.2 Å². The van der Waals surface area contributed by atoms with E-state index in [0.717, 1.165) is 22.3 Å². The standard InChI is InChI=1S/C21H26Cl2O2/c1-11(2)15-10-19(25)16(12(3)4)9-14(15)6-7-18(24)17-8-13(5)20(22)21(17)23/h9-12,25H,6-8H2,1-5H3. The molecule has 0 atom stereocenters. The Bertz CT molecular complexity index is 755. The first-order valence-electron chi connectivity index (χ1n) is 8.76. The second kappa shape index (κ2) is 7.97. The molecule has 0 bridgehead atoms. The normalized spacial score (nSPS) is 15.1. The second-order valence-electron chi connectivity index (χ2n) is 7.41. The Morgan fingerprint density at radius 1 is 1.08 bits per heavy atom. The van der Waals surface area contributed by atoms with Crippen molar-refractivity contribution in [1.82, 2.24) is 0 Å². The first-order chi connectivity index (χ1) is 11.6. The van der Waals surface area contributed by atoms with Gasteiger partial charge < -0.3 is 5.11 Å². The molecule has 1 N–H and O–H groups in total. The maximum atomic E-state index is 12.6. The van der Waals surface area contributed by atoms with Crippen LogP contribution in [0.5, 0.6) is 5.75 Å². The number of aromatic hydroxyl groups is 1. The third-order valence-corrected chi connectivity index (χ3v) is 5.79. The van der Waals surface area contributed by atoms with E-state index in [4.69, 9.17) is 23.2 Å². The summed E-state index contributed by atoms with van der Waals surface area (Å²) in [7, 11) is 0. The largest absolute Gasteiger partial charge is 0.508 e. The van der Waals surface area contributed by atoms with Crippen molar-refractivity contribution in [1.29, 1.82) is 0 Å². The van der Waals surface area contributed by atoms with Crippen molar-refractivity contribution in [3.63, 3.8) is 0 Å². The highest BCUT2D eigenvalue weighted by molar-refractivity contribution is 6.46. The Balaban J connectivity index is 2.23. The van der Waals surface area contributed by atoms with Gasteiger partial charge in [0, 0.05) is 12.0 Å². The summed E-state index contributed by atoms with van der Waals surface area (Å²) in [5.41, 5.74) is 4.71. The molecule has 0 aromatic heterocycles. The predicted molar refractivity (Wildman–Crippen MR) is 106 cm³/mol. The van der Waals surface area contributed by atoms with E-state index in [1.54, 1.807) is 0 Å². The number of rotatable bonds is 6. The van der Waals surface area contributed by atoms with Gasteiger partial charge in [0.25, 0.3) is 0 Å². The molecule has 136 valence electrons. The van der Waals surface area contributed by atoms with Crippen LogP contribution in [0.3, 0.4) is 0 Å². The Labute approximate surface area is 160 Å². The Morgan fingerprint density at radius 2 is 1.68 bits per heavy atom. The monoisotopic (exact) mass is 380 g/mol. The number of carbonyl (C=O) groups is 1. The van der Waals surface area contributed by atoms with Crippen LogP contribution in [0.1, 0.15) is 76.0 Å². The number of hydrogen-bond donors (Lipinski definition) is 1. The first-order valence-corrected chi connectivity index (χ1v) is 9.52. The molecule has 0 spiro atoms. The summed E-state index contributed by atoms with van der Waals surface area (Å²) in [4.78, 5) is 12.6. The lowest BCUT2D eigenvalue weighted by molar-refractivity contribution is -0.115. The molecule has 0 amide bonds. The Morgan fingerprint density at radius 3 is 2.16 bits per heavy atom. The summed E-state index contributed by atoms with van der Waals surface area (Å²) in [6.07, 6.45) is 1.57. The van der Waals surface area contributed by atoms with Crippen LogP contribution in [0.15, 0.2) is 33.3 Å². The van der Waals surface area contributed by atoms with Crippen LogP contribution in [0.25, 0.3) is 0 Å². The van der Waals surface area contributed by atoms with Crippen molar-refractivity contribution in [3.8, 4) is 5.75 Å². The van der Waals surface area contributed by atoms with Crippen molar-refractivity contribution in [3.05, 3.63) is 50.0 Å². The van der Waals surface area contributed by atoms with E-state index >= 15 is 0 Å². The highest BCUT2D eigenvalue weighted by Gasteiger charge is 2.24. The molecular formula is C21H26Cl2O2. The third-order valence-electron chi connectivity index (χ3n) is 4.76. The number of allylic oxidation sites excluding steroid dienone is 4. The quantitative estimate of drug-likeness (QED) is 0.607. The van der Waals surface area contributed by atoms with E-state index in [0.29, 0.717) is 40.6 Å². The van der Waals surface area contributed by atoms with Gasteiger partial charge in [-0.1, -0.05) is 57.0 Å². The number of ketones is 1. The highest BCUT2D eigenvalue weighted by atomic mass is 35.5. The topological polar surface area (TPSA) is 37.3 Å². The predicted octanol–water partition coefficient (Wildman–Crippen LogP) is 6.55. The number of hydrogen-bond acceptors (Lipinski definition) is 2. The van der Waals surface area contributed by atoms with Gasteiger partial charge in [0.1, 0.15) is 5.75 Å². The Hall–Kier alpha value is -1.25. The van der Waals surface area contributed by atoms with E-state index < -0.39 is 0 Å². The maximum Gasteiger partial charge on any atom is 0.161 e. The molecule has 2 rings (SSSR count). The smallest absolute Gasteiger partial charge is 0.161 e. The number of benzene rings is 1. The number of phenolic OH excluding ortho intramolecular Hbond substituents is 1. The summed E-state index contributed by atoms with van der Waals surface area (Å²) < 4.78 is 0. The van der Waals surface area contributed by atoms with Crippen LogP contribution >= 0.6 is 23.2 Å².